The average molecular weight is 493 g/mol. The molecule has 0 N–H and O–H groups in total. The summed E-state index contributed by atoms with van der Waals surface area (Å²) in [6.07, 6.45) is 0.929. The number of nitrogens with zero attached hydrogens (tertiary/aromatic N) is 2. The standard InChI is InChI=1S/C26H24N2O4S2/c1-3-20-9-11-22(12-10-20)28(19(2)29)26-27-21(18-33-26)17-32-23-13-15-25(16-14-23)34(30,31)24-7-5-4-6-8-24/h4-16,18H,3,17H2,1-2H3. The van der Waals surface area contributed by atoms with Crippen LogP contribution in [-0.2, 0) is 27.7 Å². The van der Waals surface area contributed by atoms with Crippen LogP contribution in [0.3, 0.4) is 0 Å². The number of carbonyl (C=O) groups is 1. The Morgan fingerprint density at radius 3 is 2.21 bits per heavy atom. The Balaban J connectivity index is 1.44. The molecule has 34 heavy (non-hydrogen) atoms. The highest BCUT2D eigenvalue weighted by Crippen LogP contribution is 2.30. The summed E-state index contributed by atoms with van der Waals surface area (Å²) in [5.41, 5.74) is 2.64. The van der Waals surface area contributed by atoms with Crippen LogP contribution in [0.15, 0.2) is 94.0 Å². The Bertz CT molecular complexity index is 1360. The Labute approximate surface area is 203 Å². The zero-order valence-electron chi connectivity index (χ0n) is 18.8. The van der Waals surface area contributed by atoms with Crippen molar-refractivity contribution in [2.75, 3.05) is 4.90 Å². The van der Waals surface area contributed by atoms with Gasteiger partial charge in [-0.1, -0.05) is 37.3 Å². The highest BCUT2D eigenvalue weighted by atomic mass is 32.2. The quantitative estimate of drug-likeness (QED) is 0.311. The number of amides is 1. The predicted molar refractivity (Wildman–Crippen MR) is 133 cm³/mol. The van der Waals surface area contributed by atoms with E-state index in [1.54, 1.807) is 47.4 Å². The molecular weight excluding hydrogens is 468 g/mol. The normalized spacial score (nSPS) is 11.2. The van der Waals surface area contributed by atoms with Gasteiger partial charge in [-0.05, 0) is 60.5 Å². The van der Waals surface area contributed by atoms with Crippen LogP contribution < -0.4 is 9.64 Å². The topological polar surface area (TPSA) is 76.6 Å². The van der Waals surface area contributed by atoms with Crippen LogP contribution in [0.25, 0.3) is 0 Å². The predicted octanol–water partition coefficient (Wildman–Crippen LogP) is 5.80. The van der Waals surface area contributed by atoms with Gasteiger partial charge in [-0.25, -0.2) is 13.4 Å². The Morgan fingerprint density at radius 2 is 1.59 bits per heavy atom. The minimum Gasteiger partial charge on any atom is -0.487 e. The molecule has 0 aliphatic heterocycles. The molecule has 174 valence electrons. The summed E-state index contributed by atoms with van der Waals surface area (Å²) in [5, 5.41) is 2.42. The first-order valence-electron chi connectivity index (χ1n) is 10.8. The summed E-state index contributed by atoms with van der Waals surface area (Å²) in [6, 6.07) is 22.5. The van der Waals surface area contributed by atoms with Crippen LogP contribution in [0.4, 0.5) is 10.8 Å². The van der Waals surface area contributed by atoms with E-state index in [2.05, 4.69) is 11.9 Å². The van der Waals surface area contributed by atoms with Gasteiger partial charge in [-0.2, -0.15) is 0 Å². The minimum absolute atomic E-state index is 0.124. The van der Waals surface area contributed by atoms with Crippen molar-refractivity contribution in [3.8, 4) is 5.75 Å². The molecule has 1 heterocycles. The highest BCUT2D eigenvalue weighted by molar-refractivity contribution is 7.91. The largest absolute Gasteiger partial charge is 0.487 e. The molecule has 6 nitrogen and oxygen atoms in total. The van der Waals surface area contributed by atoms with Crippen LogP contribution in [0.1, 0.15) is 25.1 Å². The monoisotopic (exact) mass is 492 g/mol. The SMILES string of the molecule is CCc1ccc(N(C(C)=O)c2nc(COc3ccc(S(=O)(=O)c4ccccc4)cc3)cs2)cc1. The van der Waals surface area contributed by atoms with E-state index >= 15 is 0 Å². The van der Waals surface area contributed by atoms with Gasteiger partial charge >= 0.3 is 0 Å². The van der Waals surface area contributed by atoms with Gasteiger partial charge in [0, 0.05) is 12.3 Å². The third-order valence-corrected chi connectivity index (χ3v) is 7.88. The molecular formula is C26H24N2O4S2. The van der Waals surface area contributed by atoms with Crippen molar-refractivity contribution in [1.82, 2.24) is 4.98 Å². The maximum absolute atomic E-state index is 12.7. The molecule has 0 fully saturated rings. The van der Waals surface area contributed by atoms with Crippen molar-refractivity contribution >= 4 is 37.9 Å². The molecule has 0 saturated heterocycles. The molecule has 1 aromatic heterocycles. The number of hydrogen-bond acceptors (Lipinski definition) is 6. The maximum Gasteiger partial charge on any atom is 0.230 e. The summed E-state index contributed by atoms with van der Waals surface area (Å²) >= 11 is 1.36. The first kappa shape index (κ1) is 23.7. The molecule has 8 heteroatoms. The zero-order valence-corrected chi connectivity index (χ0v) is 20.5. The minimum atomic E-state index is -3.57. The number of benzene rings is 3. The third kappa shape index (κ3) is 5.18. The molecule has 0 unspecified atom stereocenters. The summed E-state index contributed by atoms with van der Waals surface area (Å²) in [4.78, 5) is 18.9. The molecule has 1 amide bonds. The number of hydrogen-bond donors (Lipinski definition) is 0. The second-order valence-electron chi connectivity index (χ2n) is 7.57. The van der Waals surface area contributed by atoms with Gasteiger partial charge < -0.3 is 4.74 Å². The van der Waals surface area contributed by atoms with Gasteiger partial charge in [0.1, 0.15) is 12.4 Å². The molecule has 4 rings (SSSR count). The number of aryl methyl sites for hydroxylation is 1. The van der Waals surface area contributed by atoms with Crippen molar-refractivity contribution < 1.29 is 17.9 Å². The fraction of sp³-hybridized carbons (Fsp3) is 0.154. The lowest BCUT2D eigenvalue weighted by Crippen LogP contribution is -2.22. The fourth-order valence-electron chi connectivity index (χ4n) is 3.38. The van der Waals surface area contributed by atoms with E-state index in [9.17, 15) is 13.2 Å². The maximum atomic E-state index is 12.7. The van der Waals surface area contributed by atoms with Gasteiger partial charge in [0.15, 0.2) is 5.13 Å². The molecule has 0 aliphatic carbocycles. The van der Waals surface area contributed by atoms with E-state index in [1.807, 2.05) is 29.6 Å². The zero-order chi connectivity index (χ0) is 24.1. The second-order valence-corrected chi connectivity index (χ2v) is 10.4. The van der Waals surface area contributed by atoms with E-state index in [0.29, 0.717) is 16.6 Å². The van der Waals surface area contributed by atoms with E-state index in [4.69, 9.17) is 4.74 Å². The molecule has 4 aromatic rings. The van der Waals surface area contributed by atoms with Gasteiger partial charge in [0.05, 0.1) is 21.2 Å². The molecule has 0 atom stereocenters. The Kier molecular flexibility index (Phi) is 7.09. The third-order valence-electron chi connectivity index (χ3n) is 5.22. The summed E-state index contributed by atoms with van der Waals surface area (Å²) in [7, 11) is -3.57. The number of ether oxygens (including phenoxy) is 1. The summed E-state index contributed by atoms with van der Waals surface area (Å²) in [5.74, 6) is 0.404. The number of sulfone groups is 1. The molecule has 0 saturated carbocycles. The smallest absolute Gasteiger partial charge is 0.230 e. The van der Waals surface area contributed by atoms with Gasteiger partial charge in [-0.15, -0.1) is 11.3 Å². The number of thiazole rings is 1. The van der Waals surface area contributed by atoms with Crippen molar-refractivity contribution in [2.24, 2.45) is 0 Å². The highest BCUT2D eigenvalue weighted by Gasteiger charge is 2.19. The molecule has 0 bridgehead atoms. The van der Waals surface area contributed by atoms with Crippen molar-refractivity contribution in [2.45, 2.75) is 36.7 Å². The lowest BCUT2D eigenvalue weighted by Gasteiger charge is -2.18. The number of rotatable bonds is 8. The fourth-order valence-corrected chi connectivity index (χ4v) is 5.53. The number of carbonyl (C=O) groups excluding carboxylic acids is 1. The van der Waals surface area contributed by atoms with E-state index in [-0.39, 0.29) is 22.3 Å². The van der Waals surface area contributed by atoms with Crippen molar-refractivity contribution in [3.05, 3.63) is 95.5 Å². The van der Waals surface area contributed by atoms with E-state index in [0.717, 1.165) is 12.1 Å². The van der Waals surface area contributed by atoms with Crippen molar-refractivity contribution in [1.29, 1.82) is 0 Å². The molecule has 0 spiro atoms. The molecule has 3 aromatic carbocycles. The van der Waals surface area contributed by atoms with Crippen LogP contribution in [0, 0.1) is 0 Å². The number of anilines is 2. The van der Waals surface area contributed by atoms with Crippen LogP contribution in [-0.4, -0.2) is 19.3 Å². The second kappa shape index (κ2) is 10.2. The van der Waals surface area contributed by atoms with Gasteiger partial charge in [0.2, 0.25) is 15.7 Å². The first-order chi connectivity index (χ1) is 16.4. The van der Waals surface area contributed by atoms with Gasteiger partial charge in [0.25, 0.3) is 0 Å². The van der Waals surface area contributed by atoms with Crippen LogP contribution in [0.2, 0.25) is 0 Å². The summed E-state index contributed by atoms with van der Waals surface area (Å²) in [6.45, 7) is 3.79. The lowest BCUT2D eigenvalue weighted by atomic mass is 10.1. The Morgan fingerprint density at radius 1 is 0.941 bits per heavy atom. The Hall–Kier alpha value is -3.49. The van der Waals surface area contributed by atoms with Crippen LogP contribution >= 0.6 is 11.3 Å². The van der Waals surface area contributed by atoms with Gasteiger partial charge in [-0.3, -0.25) is 9.69 Å². The van der Waals surface area contributed by atoms with E-state index < -0.39 is 9.84 Å². The lowest BCUT2D eigenvalue weighted by molar-refractivity contribution is -0.115. The first-order valence-corrected chi connectivity index (χ1v) is 13.1. The summed E-state index contributed by atoms with van der Waals surface area (Å²) < 4.78 is 31.2. The van der Waals surface area contributed by atoms with Crippen molar-refractivity contribution in [3.63, 3.8) is 0 Å². The number of aromatic nitrogens is 1. The average Bonchev–Trinajstić information content (AvgIpc) is 3.32. The van der Waals surface area contributed by atoms with Crippen LogP contribution in [0.5, 0.6) is 5.75 Å². The van der Waals surface area contributed by atoms with E-state index in [1.165, 1.54) is 36.0 Å². The molecule has 0 aliphatic rings. The molecule has 0 radical (unpaired) electrons.